The van der Waals surface area contributed by atoms with E-state index in [4.69, 9.17) is 0 Å². The summed E-state index contributed by atoms with van der Waals surface area (Å²) in [6.45, 7) is 6.68. The minimum absolute atomic E-state index is 0.302. The quantitative estimate of drug-likeness (QED) is 0.357. The van der Waals surface area contributed by atoms with Crippen LogP contribution in [0.5, 0.6) is 0 Å². The smallest absolute Gasteiger partial charge is 0.181 e. The molecule has 37 heavy (non-hydrogen) atoms. The van der Waals surface area contributed by atoms with Crippen molar-refractivity contribution in [2.45, 2.75) is 68.8 Å². The third-order valence-electron chi connectivity index (χ3n) is 8.59. The summed E-state index contributed by atoms with van der Waals surface area (Å²) in [6, 6.07) is 16.1. The van der Waals surface area contributed by atoms with Crippen LogP contribution in [0, 0.1) is 0 Å². The van der Waals surface area contributed by atoms with Gasteiger partial charge in [0, 0.05) is 28.8 Å². The van der Waals surface area contributed by atoms with Crippen LogP contribution in [0.1, 0.15) is 56.2 Å². The molecule has 4 aromatic rings. The Morgan fingerprint density at radius 3 is 2.57 bits per heavy atom. The first kappa shape index (κ1) is 23.3. The van der Waals surface area contributed by atoms with Crippen molar-refractivity contribution >= 4 is 22.0 Å². The molecule has 2 aliphatic heterocycles. The first-order chi connectivity index (χ1) is 18.0. The average molecular weight is 512 g/mol. The lowest BCUT2D eigenvalue weighted by Crippen LogP contribution is -2.32. The number of likely N-dealkylation sites (tertiary alicyclic amines) is 1. The van der Waals surface area contributed by atoms with Crippen molar-refractivity contribution in [2.75, 3.05) is 13.1 Å². The third-order valence-corrected chi connectivity index (χ3v) is 10.0. The topological polar surface area (TPSA) is 73.9 Å². The average Bonchev–Trinajstić information content (AvgIpc) is 3.59. The van der Waals surface area contributed by atoms with E-state index >= 15 is 0 Å². The van der Waals surface area contributed by atoms with Crippen LogP contribution in [0.25, 0.3) is 33.4 Å². The van der Waals surface area contributed by atoms with Crippen molar-refractivity contribution in [2.24, 2.45) is 0 Å². The molecule has 0 radical (unpaired) electrons. The fraction of sp³-hybridized carbons (Fsp3) is 0.400. The Bertz CT molecular complexity index is 1530. The van der Waals surface area contributed by atoms with E-state index in [1.54, 1.807) is 0 Å². The van der Waals surface area contributed by atoms with Crippen molar-refractivity contribution in [3.63, 3.8) is 0 Å². The van der Waals surface area contributed by atoms with Gasteiger partial charge in [0.1, 0.15) is 11.0 Å². The number of hydrogen-bond acceptors (Lipinski definition) is 4. The summed E-state index contributed by atoms with van der Waals surface area (Å²) in [5.74, 6) is 0. The normalized spacial score (nSPS) is 23.2. The summed E-state index contributed by atoms with van der Waals surface area (Å²) in [4.78, 5) is 8.25. The van der Waals surface area contributed by atoms with Gasteiger partial charge in [-0.25, -0.2) is 13.9 Å². The van der Waals surface area contributed by atoms with Crippen molar-refractivity contribution in [1.82, 2.24) is 24.8 Å². The minimum atomic E-state index is -1.22. The molecule has 2 N–H and O–H groups in total. The number of fused-ring (bicyclic) bond motifs is 3. The molecule has 1 fully saturated rings. The molecule has 7 rings (SSSR count). The lowest BCUT2D eigenvalue weighted by atomic mass is 9.94. The van der Waals surface area contributed by atoms with Crippen LogP contribution in [0.3, 0.4) is 0 Å². The van der Waals surface area contributed by atoms with Gasteiger partial charge in [-0.2, -0.15) is 5.10 Å². The van der Waals surface area contributed by atoms with Crippen LogP contribution < -0.4 is 4.72 Å². The van der Waals surface area contributed by atoms with Gasteiger partial charge in [-0.05, 0) is 99.8 Å². The predicted molar refractivity (Wildman–Crippen MR) is 149 cm³/mol. The number of aromatic amines is 1. The zero-order valence-corrected chi connectivity index (χ0v) is 22.3. The van der Waals surface area contributed by atoms with Crippen LogP contribution in [0.4, 0.5) is 0 Å². The first-order valence-corrected chi connectivity index (χ1v) is 14.7. The predicted octanol–water partition coefficient (Wildman–Crippen LogP) is 5.50. The highest BCUT2D eigenvalue weighted by Gasteiger charge is 2.34. The Balaban J connectivity index is 1.21. The summed E-state index contributed by atoms with van der Waals surface area (Å²) >= 11 is 0. The van der Waals surface area contributed by atoms with Gasteiger partial charge in [0.15, 0.2) is 5.65 Å². The number of aromatic nitrogens is 3. The maximum atomic E-state index is 12.7. The molecule has 0 spiro atoms. The SMILES string of the molecule is CC1(C)NS(=O)c2cc(-c3[nH]nc4ncc(-c5ccc6c(c5)CCC(N5CCCC5)CC6)cc34)ccc21. The van der Waals surface area contributed by atoms with E-state index in [9.17, 15) is 4.21 Å². The number of pyridine rings is 1. The third kappa shape index (κ3) is 4.04. The second kappa shape index (κ2) is 8.86. The van der Waals surface area contributed by atoms with E-state index in [0.717, 1.165) is 45.1 Å². The van der Waals surface area contributed by atoms with Crippen LogP contribution >= 0.6 is 0 Å². The van der Waals surface area contributed by atoms with E-state index in [1.807, 2.05) is 12.3 Å². The maximum Gasteiger partial charge on any atom is 0.181 e. The Labute approximate surface area is 220 Å². The van der Waals surface area contributed by atoms with E-state index in [0.29, 0.717) is 5.65 Å². The number of nitrogens with one attached hydrogen (secondary N) is 2. The van der Waals surface area contributed by atoms with Crippen molar-refractivity contribution in [3.8, 4) is 22.4 Å². The van der Waals surface area contributed by atoms with Gasteiger partial charge in [-0.1, -0.05) is 30.3 Å². The van der Waals surface area contributed by atoms with Gasteiger partial charge in [-0.15, -0.1) is 0 Å². The van der Waals surface area contributed by atoms with Crippen molar-refractivity contribution in [1.29, 1.82) is 0 Å². The van der Waals surface area contributed by atoms with Gasteiger partial charge in [0.2, 0.25) is 0 Å². The molecule has 1 aliphatic carbocycles. The highest BCUT2D eigenvalue weighted by molar-refractivity contribution is 7.83. The molecule has 2 aromatic carbocycles. The van der Waals surface area contributed by atoms with Gasteiger partial charge in [0.05, 0.1) is 16.1 Å². The van der Waals surface area contributed by atoms with Crippen LogP contribution in [0.15, 0.2) is 53.6 Å². The monoisotopic (exact) mass is 511 g/mol. The number of H-pyrrole nitrogens is 1. The molecule has 7 heteroatoms. The molecular formula is C30H33N5OS. The molecule has 4 heterocycles. The van der Waals surface area contributed by atoms with Crippen LogP contribution in [-0.4, -0.2) is 43.4 Å². The minimum Gasteiger partial charge on any atom is -0.300 e. The number of aryl methyl sites for hydroxylation is 2. The Morgan fingerprint density at radius 2 is 1.73 bits per heavy atom. The van der Waals surface area contributed by atoms with Crippen LogP contribution in [-0.2, 0) is 29.4 Å². The molecule has 0 amide bonds. The fourth-order valence-corrected chi connectivity index (χ4v) is 7.95. The zero-order valence-electron chi connectivity index (χ0n) is 21.5. The fourth-order valence-electron chi connectivity index (χ4n) is 6.51. The Hall–Kier alpha value is -2.87. The van der Waals surface area contributed by atoms with E-state index in [2.05, 4.69) is 75.0 Å². The van der Waals surface area contributed by atoms with E-state index in [-0.39, 0.29) is 5.54 Å². The maximum absolute atomic E-state index is 12.7. The largest absolute Gasteiger partial charge is 0.300 e. The summed E-state index contributed by atoms with van der Waals surface area (Å²) in [5, 5.41) is 8.64. The lowest BCUT2D eigenvalue weighted by Gasteiger charge is -2.25. The highest BCUT2D eigenvalue weighted by atomic mass is 32.2. The summed E-state index contributed by atoms with van der Waals surface area (Å²) in [7, 11) is -1.22. The first-order valence-electron chi connectivity index (χ1n) is 13.5. The zero-order chi connectivity index (χ0) is 25.1. The molecular weight excluding hydrogens is 478 g/mol. The second-order valence-electron chi connectivity index (χ2n) is 11.4. The van der Waals surface area contributed by atoms with Gasteiger partial charge >= 0.3 is 0 Å². The van der Waals surface area contributed by atoms with Crippen LogP contribution in [0.2, 0.25) is 0 Å². The summed E-state index contributed by atoms with van der Waals surface area (Å²) in [6.07, 6.45) is 9.50. The lowest BCUT2D eigenvalue weighted by molar-refractivity contribution is 0.222. The molecule has 0 saturated carbocycles. The number of hydrogen-bond donors (Lipinski definition) is 2. The Morgan fingerprint density at radius 1 is 0.946 bits per heavy atom. The Kier molecular flexibility index (Phi) is 5.57. The van der Waals surface area contributed by atoms with Crippen molar-refractivity contribution < 1.29 is 4.21 Å². The highest BCUT2D eigenvalue weighted by Crippen LogP contribution is 2.37. The second-order valence-corrected chi connectivity index (χ2v) is 12.5. The molecule has 3 aliphatic rings. The van der Waals surface area contributed by atoms with Gasteiger partial charge < -0.3 is 4.90 Å². The molecule has 6 nitrogen and oxygen atoms in total. The van der Waals surface area contributed by atoms with Gasteiger partial charge in [0.25, 0.3) is 0 Å². The van der Waals surface area contributed by atoms with Crippen molar-refractivity contribution in [3.05, 3.63) is 65.4 Å². The molecule has 1 saturated heterocycles. The molecule has 2 atom stereocenters. The molecule has 190 valence electrons. The number of rotatable bonds is 3. The molecule has 2 aromatic heterocycles. The summed E-state index contributed by atoms with van der Waals surface area (Å²) < 4.78 is 15.9. The summed E-state index contributed by atoms with van der Waals surface area (Å²) in [5.41, 5.74) is 8.67. The van der Waals surface area contributed by atoms with E-state index in [1.165, 1.54) is 61.9 Å². The molecule has 2 unspecified atom stereocenters. The van der Waals surface area contributed by atoms with Gasteiger partial charge in [-0.3, -0.25) is 5.10 Å². The van der Waals surface area contributed by atoms with E-state index < -0.39 is 11.0 Å². The standard InChI is InChI=1S/C30H33N5OS/c1-30(2)26-12-9-22(17-27(26)37(36)34-30)28-25-16-23(18-31-29(25)33-32-28)21-6-5-19-7-10-24(11-8-20(19)15-21)35-13-3-4-14-35/h5-6,9,12,15-18,24,34H,3-4,7-8,10-11,13-14H2,1-2H3,(H,31,32,33). The number of benzene rings is 2. The number of nitrogens with zero attached hydrogens (tertiary/aromatic N) is 3. The molecule has 0 bridgehead atoms.